The van der Waals surface area contributed by atoms with Gasteiger partial charge in [-0.15, -0.1) is 0 Å². The Hall–Kier alpha value is -3.15. The third-order valence-electron chi connectivity index (χ3n) is 5.25. The van der Waals surface area contributed by atoms with Gasteiger partial charge in [0.1, 0.15) is 6.04 Å². The molecule has 2 aromatic carbocycles. The summed E-state index contributed by atoms with van der Waals surface area (Å²) in [6, 6.07) is 16.8. The van der Waals surface area contributed by atoms with E-state index in [9.17, 15) is 14.4 Å². The molecule has 0 saturated carbocycles. The third kappa shape index (κ3) is 6.41. The number of hydrogen-bond acceptors (Lipinski definition) is 4. The molecule has 166 valence electrons. The molecule has 2 N–H and O–H groups in total. The minimum absolute atomic E-state index is 0.190. The first-order valence-electron chi connectivity index (χ1n) is 10.5. The van der Waals surface area contributed by atoms with E-state index in [1.54, 1.807) is 38.1 Å². The third-order valence-corrected chi connectivity index (χ3v) is 5.25. The van der Waals surface area contributed by atoms with E-state index in [-0.39, 0.29) is 17.7 Å². The smallest absolute Gasteiger partial charge is 0.328 e. The summed E-state index contributed by atoms with van der Waals surface area (Å²) in [4.78, 5) is 38.4. The highest BCUT2D eigenvalue weighted by Crippen LogP contribution is 2.34. The lowest BCUT2D eigenvalue weighted by atomic mass is 9.79. The van der Waals surface area contributed by atoms with Crippen molar-refractivity contribution in [2.24, 2.45) is 11.3 Å². The zero-order valence-corrected chi connectivity index (χ0v) is 18.8. The van der Waals surface area contributed by atoms with Crippen LogP contribution in [0.25, 0.3) is 0 Å². The van der Waals surface area contributed by atoms with Gasteiger partial charge in [-0.3, -0.25) is 9.59 Å². The Morgan fingerprint density at radius 2 is 1.45 bits per heavy atom. The van der Waals surface area contributed by atoms with Gasteiger partial charge in [0, 0.05) is 5.56 Å². The van der Waals surface area contributed by atoms with Crippen LogP contribution in [0.3, 0.4) is 0 Å². The van der Waals surface area contributed by atoms with Crippen LogP contribution in [0.15, 0.2) is 60.7 Å². The van der Waals surface area contributed by atoms with Gasteiger partial charge in [0.05, 0.1) is 18.6 Å². The summed E-state index contributed by atoms with van der Waals surface area (Å²) in [6.45, 7) is 7.46. The van der Waals surface area contributed by atoms with Crippen molar-refractivity contribution in [3.05, 3.63) is 71.8 Å². The average Bonchev–Trinajstić information content (AvgIpc) is 2.76. The summed E-state index contributed by atoms with van der Waals surface area (Å²) in [5.74, 6) is -0.912. The van der Waals surface area contributed by atoms with Gasteiger partial charge in [0.2, 0.25) is 5.91 Å². The topological polar surface area (TPSA) is 84.5 Å². The fourth-order valence-corrected chi connectivity index (χ4v) is 3.43. The van der Waals surface area contributed by atoms with Crippen molar-refractivity contribution in [1.82, 2.24) is 10.6 Å². The van der Waals surface area contributed by atoms with Gasteiger partial charge < -0.3 is 15.4 Å². The molecule has 6 nitrogen and oxygen atoms in total. The second-order valence-corrected chi connectivity index (χ2v) is 8.58. The van der Waals surface area contributed by atoms with Crippen molar-refractivity contribution in [1.29, 1.82) is 0 Å². The molecule has 0 saturated heterocycles. The van der Waals surface area contributed by atoms with E-state index in [2.05, 4.69) is 10.6 Å². The second kappa shape index (κ2) is 10.8. The molecule has 0 heterocycles. The molecule has 31 heavy (non-hydrogen) atoms. The number of nitrogens with one attached hydrogen (secondary N) is 2. The first kappa shape index (κ1) is 24.1. The van der Waals surface area contributed by atoms with E-state index in [4.69, 9.17) is 4.74 Å². The molecule has 0 aliphatic heterocycles. The van der Waals surface area contributed by atoms with Gasteiger partial charge in [-0.1, -0.05) is 62.4 Å². The number of esters is 1. The quantitative estimate of drug-likeness (QED) is 0.598. The molecule has 0 aromatic heterocycles. The van der Waals surface area contributed by atoms with Crippen molar-refractivity contribution in [3.8, 4) is 0 Å². The molecule has 0 spiro atoms. The molecule has 0 radical (unpaired) electrons. The SMILES string of the molecule is COC(=O)[C@H](CC(C)C)NC(=O)C(C)(C)[C@@H](NC(=O)c1ccccc1)c1ccccc1. The monoisotopic (exact) mass is 424 g/mol. The van der Waals surface area contributed by atoms with Gasteiger partial charge >= 0.3 is 5.97 Å². The molecule has 2 aromatic rings. The molecule has 0 unspecified atom stereocenters. The first-order valence-corrected chi connectivity index (χ1v) is 10.5. The van der Waals surface area contributed by atoms with Gasteiger partial charge in [-0.05, 0) is 43.9 Å². The Labute approximate surface area is 184 Å². The van der Waals surface area contributed by atoms with Crippen molar-refractivity contribution in [3.63, 3.8) is 0 Å². The van der Waals surface area contributed by atoms with Crippen molar-refractivity contribution < 1.29 is 19.1 Å². The Balaban J connectivity index is 2.33. The number of methoxy groups -OCH3 is 1. The minimum Gasteiger partial charge on any atom is -0.467 e. The Bertz CT molecular complexity index is 879. The van der Waals surface area contributed by atoms with Crippen LogP contribution in [0.2, 0.25) is 0 Å². The molecular formula is C25H32N2O4. The van der Waals surface area contributed by atoms with E-state index < -0.39 is 23.5 Å². The lowest BCUT2D eigenvalue weighted by Gasteiger charge is -2.35. The predicted octanol–water partition coefficient (Wildman–Crippen LogP) is 3.89. The highest BCUT2D eigenvalue weighted by Gasteiger charge is 2.40. The first-order chi connectivity index (χ1) is 14.7. The summed E-state index contributed by atoms with van der Waals surface area (Å²) in [5, 5.41) is 5.85. The fraction of sp³-hybridized carbons (Fsp3) is 0.400. The van der Waals surface area contributed by atoms with E-state index in [1.807, 2.05) is 50.2 Å². The van der Waals surface area contributed by atoms with Crippen LogP contribution in [-0.2, 0) is 14.3 Å². The number of hydrogen-bond donors (Lipinski definition) is 2. The van der Waals surface area contributed by atoms with E-state index >= 15 is 0 Å². The molecule has 0 bridgehead atoms. The number of ether oxygens (including phenoxy) is 1. The summed E-state index contributed by atoms with van der Waals surface area (Å²) in [5.41, 5.74) is 0.256. The molecule has 0 aliphatic carbocycles. The lowest BCUT2D eigenvalue weighted by Crippen LogP contribution is -2.52. The Kier molecular flexibility index (Phi) is 8.37. The maximum atomic E-state index is 13.3. The van der Waals surface area contributed by atoms with E-state index in [1.165, 1.54) is 7.11 Å². The number of carbonyl (C=O) groups is 3. The molecule has 2 rings (SSSR count). The highest BCUT2D eigenvalue weighted by atomic mass is 16.5. The lowest BCUT2D eigenvalue weighted by molar-refractivity contribution is -0.147. The van der Waals surface area contributed by atoms with E-state index in [0.29, 0.717) is 12.0 Å². The zero-order chi connectivity index (χ0) is 23.0. The molecule has 0 aliphatic rings. The van der Waals surface area contributed by atoms with Crippen LogP contribution in [0.4, 0.5) is 0 Å². The van der Waals surface area contributed by atoms with Crippen molar-refractivity contribution in [2.45, 2.75) is 46.2 Å². The molecular weight excluding hydrogens is 392 g/mol. The second-order valence-electron chi connectivity index (χ2n) is 8.58. The molecule has 2 amide bonds. The molecule has 0 fully saturated rings. The van der Waals surface area contributed by atoms with Crippen LogP contribution in [0.1, 0.15) is 56.1 Å². The summed E-state index contributed by atoms with van der Waals surface area (Å²) < 4.78 is 4.87. The highest BCUT2D eigenvalue weighted by molar-refractivity contribution is 5.95. The number of benzene rings is 2. The summed E-state index contributed by atoms with van der Waals surface area (Å²) >= 11 is 0. The van der Waals surface area contributed by atoms with Gasteiger partial charge in [-0.25, -0.2) is 4.79 Å². The van der Waals surface area contributed by atoms with Gasteiger partial charge in [0.15, 0.2) is 0 Å². The maximum Gasteiger partial charge on any atom is 0.328 e. The molecule has 2 atom stereocenters. The minimum atomic E-state index is -1.05. The Morgan fingerprint density at radius 1 is 0.903 bits per heavy atom. The zero-order valence-electron chi connectivity index (χ0n) is 18.8. The average molecular weight is 425 g/mol. The van der Waals surface area contributed by atoms with Gasteiger partial charge in [-0.2, -0.15) is 0 Å². The standard InChI is InChI=1S/C25H32N2O4/c1-17(2)16-20(23(29)31-5)26-24(30)25(3,4)21(18-12-8-6-9-13-18)27-22(28)19-14-10-7-11-15-19/h6-15,17,20-21H,16H2,1-5H3,(H,26,30)(H,27,28)/t20-,21-/m0/s1. The van der Waals surface area contributed by atoms with Crippen LogP contribution in [-0.4, -0.2) is 30.9 Å². The van der Waals surface area contributed by atoms with Crippen molar-refractivity contribution in [2.75, 3.05) is 7.11 Å². The van der Waals surface area contributed by atoms with E-state index in [0.717, 1.165) is 5.56 Å². The van der Waals surface area contributed by atoms with Crippen molar-refractivity contribution >= 4 is 17.8 Å². The number of carbonyl (C=O) groups excluding carboxylic acids is 3. The van der Waals surface area contributed by atoms with Crippen LogP contribution in [0, 0.1) is 11.3 Å². The van der Waals surface area contributed by atoms with Crippen LogP contribution < -0.4 is 10.6 Å². The normalized spacial score (nSPS) is 13.2. The summed E-state index contributed by atoms with van der Waals surface area (Å²) in [6.07, 6.45) is 0.459. The largest absolute Gasteiger partial charge is 0.467 e. The van der Waals surface area contributed by atoms with Crippen LogP contribution >= 0.6 is 0 Å². The van der Waals surface area contributed by atoms with Crippen LogP contribution in [0.5, 0.6) is 0 Å². The number of amides is 2. The number of rotatable bonds is 9. The van der Waals surface area contributed by atoms with Gasteiger partial charge in [0.25, 0.3) is 5.91 Å². The fourth-order valence-electron chi connectivity index (χ4n) is 3.43. The summed E-state index contributed by atoms with van der Waals surface area (Å²) in [7, 11) is 1.31. The molecule has 6 heteroatoms. The predicted molar refractivity (Wildman–Crippen MR) is 120 cm³/mol. The Morgan fingerprint density at radius 3 is 1.97 bits per heavy atom. The maximum absolute atomic E-state index is 13.3.